The molecule has 0 fully saturated rings. The van der Waals surface area contributed by atoms with Gasteiger partial charge in [0.2, 0.25) is 0 Å². The van der Waals surface area contributed by atoms with Gasteiger partial charge in [0.1, 0.15) is 19.8 Å². The fourth-order valence-corrected chi connectivity index (χ4v) is 10.6. The van der Waals surface area contributed by atoms with Crippen LogP contribution in [-0.4, -0.2) is 43.2 Å². The highest BCUT2D eigenvalue weighted by Gasteiger charge is 2.40. The van der Waals surface area contributed by atoms with Crippen molar-refractivity contribution in [1.82, 2.24) is 0 Å². The number of allylic oxidation sites excluding steroid dienone is 6. The molecular weight excluding hydrogens is 935 g/mol. The SMILES string of the molecule is CCCCCCCC/C=C/CCCCCCCCCCCC(=O)OCC1(COC(=O)CCCCCCCCCCC/C=C/CCCCCCCC)COC(CCCCCCCCCCC/C=C/CCCCCCCC)=N1. The molecule has 0 aliphatic carbocycles. The molecule has 1 heterocycles. The van der Waals surface area contributed by atoms with Crippen LogP contribution in [0, 0.1) is 0 Å². The average Bonchev–Trinajstić information content (AvgIpc) is 3.84. The molecule has 0 unspecified atom stereocenters. The fourth-order valence-electron chi connectivity index (χ4n) is 10.6. The first-order chi connectivity index (χ1) is 37.5. The molecule has 0 bridgehead atoms. The van der Waals surface area contributed by atoms with E-state index < -0.39 is 5.54 Å². The number of carbonyl (C=O) groups excluding carboxylic acids is 2. The van der Waals surface area contributed by atoms with Crippen LogP contribution in [0.25, 0.3) is 0 Å². The molecule has 0 N–H and O–H groups in total. The predicted octanol–water partition coefficient (Wildman–Crippen LogP) is 23.0. The van der Waals surface area contributed by atoms with Gasteiger partial charge in [0, 0.05) is 19.3 Å². The third-order valence-electron chi connectivity index (χ3n) is 15.8. The summed E-state index contributed by atoms with van der Waals surface area (Å²) in [4.78, 5) is 30.9. The lowest BCUT2D eigenvalue weighted by molar-refractivity contribution is -0.150. The smallest absolute Gasteiger partial charge is 0.305 e. The zero-order valence-electron chi connectivity index (χ0n) is 51.3. The van der Waals surface area contributed by atoms with Crippen LogP contribution in [-0.2, 0) is 23.8 Å². The molecule has 0 saturated carbocycles. The van der Waals surface area contributed by atoms with Gasteiger partial charge < -0.3 is 14.2 Å². The van der Waals surface area contributed by atoms with Crippen LogP contribution in [0.5, 0.6) is 0 Å². The van der Waals surface area contributed by atoms with E-state index >= 15 is 0 Å². The summed E-state index contributed by atoms with van der Waals surface area (Å²) in [6.45, 7) is 7.35. The highest BCUT2D eigenvalue weighted by Crippen LogP contribution is 2.25. The van der Waals surface area contributed by atoms with Crippen molar-refractivity contribution in [2.45, 2.75) is 373 Å². The lowest BCUT2D eigenvalue weighted by Crippen LogP contribution is -2.41. The summed E-state index contributed by atoms with van der Waals surface area (Å²) in [5.41, 5.74) is -0.849. The molecule has 1 rings (SSSR count). The van der Waals surface area contributed by atoms with Gasteiger partial charge in [0.25, 0.3) is 0 Å². The molecule has 0 spiro atoms. The number of hydrogen-bond donors (Lipinski definition) is 0. The van der Waals surface area contributed by atoms with Crippen molar-refractivity contribution in [3.8, 4) is 0 Å². The third-order valence-corrected chi connectivity index (χ3v) is 15.8. The van der Waals surface area contributed by atoms with Crippen molar-refractivity contribution in [2.75, 3.05) is 19.8 Å². The highest BCUT2D eigenvalue weighted by molar-refractivity contribution is 5.78. The summed E-state index contributed by atoms with van der Waals surface area (Å²) in [5.74, 6) is 0.355. The fraction of sp³-hybridized carbons (Fsp3) is 0.871. The Hall–Kier alpha value is -2.37. The standard InChI is InChI=1S/C70H129NO5/c1-4-7-10-13-16-19-22-25-28-31-34-37-40-43-46-49-52-55-58-61-67-71-70(64-74-67,65-75-68(72)62-59-56-53-50-47-44-41-38-35-32-29-26-23-20-17-14-11-8-5-2)66-76-69(73)63-60-57-54-51-48-45-42-39-36-33-30-27-24-21-18-15-12-9-6-3/h25-30H,4-24,31-66H2,1-3H3/b28-25+,29-26+,30-27+. The Bertz CT molecular complexity index is 1290. The van der Waals surface area contributed by atoms with E-state index in [0.29, 0.717) is 19.4 Å². The number of unbranched alkanes of at least 4 members (excludes halogenated alkanes) is 45. The Morgan fingerprint density at radius 3 is 0.868 bits per heavy atom. The number of rotatable bonds is 61. The molecule has 1 aliphatic heterocycles. The molecule has 0 radical (unpaired) electrons. The van der Waals surface area contributed by atoms with Crippen molar-refractivity contribution in [3.05, 3.63) is 36.5 Å². The van der Waals surface area contributed by atoms with Gasteiger partial charge >= 0.3 is 11.9 Å². The summed E-state index contributed by atoms with van der Waals surface area (Å²) in [6, 6.07) is 0. The van der Waals surface area contributed by atoms with E-state index in [1.807, 2.05) is 0 Å². The molecule has 444 valence electrons. The summed E-state index contributed by atoms with van der Waals surface area (Å²) in [7, 11) is 0. The molecule has 0 aromatic carbocycles. The quantitative estimate of drug-likeness (QED) is 0.0345. The number of nitrogens with zero attached hydrogens (tertiary/aromatic N) is 1. The summed E-state index contributed by atoms with van der Waals surface area (Å²) >= 11 is 0. The van der Waals surface area contributed by atoms with E-state index in [1.165, 1.54) is 289 Å². The predicted molar refractivity (Wildman–Crippen MR) is 332 cm³/mol. The second-order valence-corrected chi connectivity index (χ2v) is 23.6. The van der Waals surface area contributed by atoms with Gasteiger partial charge in [0.05, 0.1) is 0 Å². The van der Waals surface area contributed by atoms with Crippen LogP contribution in [0.4, 0.5) is 0 Å². The van der Waals surface area contributed by atoms with Gasteiger partial charge in [-0.1, -0.05) is 288 Å². The van der Waals surface area contributed by atoms with Gasteiger partial charge in [-0.25, -0.2) is 4.99 Å². The molecule has 6 heteroatoms. The Morgan fingerprint density at radius 2 is 0.592 bits per heavy atom. The number of esters is 2. The van der Waals surface area contributed by atoms with Crippen molar-refractivity contribution in [1.29, 1.82) is 0 Å². The zero-order valence-corrected chi connectivity index (χ0v) is 51.3. The normalized spacial score (nSPS) is 13.4. The van der Waals surface area contributed by atoms with Crippen LogP contribution >= 0.6 is 0 Å². The van der Waals surface area contributed by atoms with Crippen LogP contribution < -0.4 is 0 Å². The molecular formula is C70H129NO5. The topological polar surface area (TPSA) is 74.2 Å². The maximum atomic E-state index is 13.0. The largest absolute Gasteiger partial charge is 0.478 e. The molecule has 1 aliphatic rings. The minimum absolute atomic E-state index is 0.100. The molecule has 0 aromatic heterocycles. The van der Waals surface area contributed by atoms with Gasteiger partial charge in [-0.15, -0.1) is 0 Å². The first kappa shape index (κ1) is 71.6. The van der Waals surface area contributed by atoms with Crippen LogP contribution in [0.1, 0.15) is 367 Å². The Balaban J connectivity index is 2.32. The monoisotopic (exact) mass is 1060 g/mol. The molecule has 76 heavy (non-hydrogen) atoms. The first-order valence-corrected chi connectivity index (χ1v) is 34.0. The van der Waals surface area contributed by atoms with E-state index in [0.717, 1.165) is 50.8 Å². The van der Waals surface area contributed by atoms with E-state index in [4.69, 9.17) is 19.2 Å². The van der Waals surface area contributed by atoms with E-state index in [9.17, 15) is 9.59 Å². The average molecular weight is 1060 g/mol. The second kappa shape index (κ2) is 58.8. The van der Waals surface area contributed by atoms with Crippen molar-refractivity contribution < 1.29 is 23.8 Å². The van der Waals surface area contributed by atoms with E-state index in [1.54, 1.807) is 0 Å². The molecule has 0 saturated heterocycles. The second-order valence-electron chi connectivity index (χ2n) is 23.6. The lowest BCUT2D eigenvalue weighted by atomic mass is 10.0. The number of ether oxygens (including phenoxy) is 3. The Kier molecular flexibility index (Phi) is 55.4. The third kappa shape index (κ3) is 51.1. The summed E-state index contributed by atoms with van der Waals surface area (Å²) in [5, 5.41) is 0. The van der Waals surface area contributed by atoms with Gasteiger partial charge in [0.15, 0.2) is 11.4 Å². The Morgan fingerprint density at radius 1 is 0.355 bits per heavy atom. The Labute approximate surface area is 473 Å². The maximum Gasteiger partial charge on any atom is 0.305 e. The van der Waals surface area contributed by atoms with Gasteiger partial charge in [-0.3, -0.25) is 9.59 Å². The maximum absolute atomic E-state index is 13.0. The molecule has 6 nitrogen and oxygen atoms in total. The highest BCUT2D eigenvalue weighted by atomic mass is 16.6. The number of hydrogen-bond acceptors (Lipinski definition) is 6. The van der Waals surface area contributed by atoms with Crippen molar-refractivity contribution >= 4 is 17.8 Å². The number of carbonyl (C=O) groups is 2. The van der Waals surface area contributed by atoms with Crippen molar-refractivity contribution in [3.63, 3.8) is 0 Å². The van der Waals surface area contributed by atoms with Crippen LogP contribution in [0.2, 0.25) is 0 Å². The van der Waals surface area contributed by atoms with E-state index in [-0.39, 0.29) is 25.2 Å². The minimum Gasteiger partial charge on any atom is -0.478 e. The van der Waals surface area contributed by atoms with Crippen molar-refractivity contribution in [2.24, 2.45) is 4.99 Å². The summed E-state index contributed by atoms with van der Waals surface area (Å²) < 4.78 is 17.9. The first-order valence-electron chi connectivity index (χ1n) is 34.0. The van der Waals surface area contributed by atoms with Gasteiger partial charge in [-0.2, -0.15) is 0 Å². The lowest BCUT2D eigenvalue weighted by Gasteiger charge is -2.23. The van der Waals surface area contributed by atoms with Crippen LogP contribution in [0.3, 0.4) is 0 Å². The van der Waals surface area contributed by atoms with E-state index in [2.05, 4.69) is 57.2 Å². The zero-order chi connectivity index (χ0) is 54.6. The minimum atomic E-state index is -0.849. The van der Waals surface area contributed by atoms with Crippen LogP contribution in [0.15, 0.2) is 41.4 Å². The molecule has 0 atom stereocenters. The molecule has 0 aromatic rings. The number of aliphatic imine (C=N–C) groups is 1. The summed E-state index contributed by atoms with van der Waals surface area (Å²) in [6.07, 6.45) is 81.6. The molecule has 0 amide bonds. The van der Waals surface area contributed by atoms with Gasteiger partial charge in [-0.05, 0) is 96.3 Å².